The summed E-state index contributed by atoms with van der Waals surface area (Å²) in [6.45, 7) is 6.44. The molecule has 2 rings (SSSR count). The second-order valence-electron chi connectivity index (χ2n) is 4.85. The summed E-state index contributed by atoms with van der Waals surface area (Å²) < 4.78 is 19.1. The maximum Gasteiger partial charge on any atom is 0.146 e. The lowest BCUT2D eigenvalue weighted by atomic mass is 10.1. The lowest BCUT2D eigenvalue weighted by Gasteiger charge is -2.12. The molecule has 2 aromatic rings. The molecule has 3 heteroatoms. The van der Waals surface area contributed by atoms with Crippen molar-refractivity contribution in [2.45, 2.75) is 27.4 Å². The largest absolute Gasteiger partial charge is 0.489 e. The molecule has 0 spiro atoms. The number of ether oxygens (including phenoxy) is 1. The fourth-order valence-corrected chi connectivity index (χ4v) is 1.97. The molecule has 2 N–H and O–H groups in total. The molecule has 100 valence electrons. The van der Waals surface area contributed by atoms with Gasteiger partial charge in [-0.15, -0.1) is 0 Å². The van der Waals surface area contributed by atoms with Crippen LogP contribution in [0.5, 0.6) is 5.75 Å². The molecule has 0 aliphatic rings. The van der Waals surface area contributed by atoms with E-state index in [1.807, 2.05) is 19.9 Å². The van der Waals surface area contributed by atoms with Crippen molar-refractivity contribution < 1.29 is 9.13 Å². The highest BCUT2D eigenvalue weighted by molar-refractivity contribution is 5.43. The van der Waals surface area contributed by atoms with Crippen LogP contribution >= 0.6 is 0 Å². The van der Waals surface area contributed by atoms with Gasteiger partial charge in [0.05, 0.1) is 5.69 Å². The highest BCUT2D eigenvalue weighted by atomic mass is 19.1. The third-order valence-electron chi connectivity index (χ3n) is 3.22. The Morgan fingerprint density at radius 1 is 1.11 bits per heavy atom. The molecule has 0 amide bonds. The second kappa shape index (κ2) is 5.31. The fourth-order valence-electron chi connectivity index (χ4n) is 1.97. The Bertz CT molecular complexity index is 608. The Hall–Kier alpha value is -2.03. The van der Waals surface area contributed by atoms with Crippen molar-refractivity contribution in [3.05, 3.63) is 58.4 Å². The van der Waals surface area contributed by atoms with Crippen molar-refractivity contribution >= 4 is 5.69 Å². The summed E-state index contributed by atoms with van der Waals surface area (Å²) in [7, 11) is 0. The fraction of sp³-hybridized carbons (Fsp3) is 0.250. The molecule has 0 aliphatic heterocycles. The van der Waals surface area contributed by atoms with Crippen LogP contribution in [0, 0.1) is 26.6 Å². The van der Waals surface area contributed by atoms with E-state index in [0.29, 0.717) is 6.61 Å². The smallest absolute Gasteiger partial charge is 0.146 e. The number of nitrogens with two attached hydrogens (primary N) is 1. The molecule has 0 unspecified atom stereocenters. The quantitative estimate of drug-likeness (QED) is 0.848. The minimum atomic E-state index is -0.404. The van der Waals surface area contributed by atoms with E-state index in [4.69, 9.17) is 10.5 Å². The van der Waals surface area contributed by atoms with Gasteiger partial charge in [0.15, 0.2) is 0 Å². The highest BCUT2D eigenvalue weighted by Crippen LogP contribution is 2.24. The molecule has 0 bridgehead atoms. The first-order valence-corrected chi connectivity index (χ1v) is 6.22. The SMILES string of the molecule is Cc1cc(C)c(C)c(OCc2ccc(N)c(F)c2)c1. The van der Waals surface area contributed by atoms with Crippen molar-refractivity contribution in [1.82, 2.24) is 0 Å². The van der Waals surface area contributed by atoms with Crippen molar-refractivity contribution in [1.29, 1.82) is 0 Å². The van der Waals surface area contributed by atoms with Crippen LogP contribution in [-0.2, 0) is 6.61 Å². The van der Waals surface area contributed by atoms with Crippen molar-refractivity contribution in [3.8, 4) is 5.75 Å². The van der Waals surface area contributed by atoms with E-state index in [9.17, 15) is 4.39 Å². The van der Waals surface area contributed by atoms with Crippen molar-refractivity contribution in [2.24, 2.45) is 0 Å². The molecule has 0 fully saturated rings. The average molecular weight is 259 g/mol. The van der Waals surface area contributed by atoms with E-state index in [1.165, 1.54) is 11.6 Å². The first kappa shape index (κ1) is 13.4. The summed E-state index contributed by atoms with van der Waals surface area (Å²) in [4.78, 5) is 0. The average Bonchev–Trinajstić information content (AvgIpc) is 2.36. The number of benzene rings is 2. The summed E-state index contributed by atoms with van der Waals surface area (Å²) in [6, 6.07) is 8.85. The first-order valence-electron chi connectivity index (χ1n) is 6.22. The Morgan fingerprint density at radius 2 is 1.84 bits per heavy atom. The molecule has 0 heterocycles. The first-order chi connectivity index (χ1) is 8.97. The zero-order chi connectivity index (χ0) is 14.0. The molecular formula is C16H18FNO. The minimum Gasteiger partial charge on any atom is -0.489 e. The van der Waals surface area contributed by atoms with Gasteiger partial charge >= 0.3 is 0 Å². The van der Waals surface area contributed by atoms with Crippen LogP contribution in [0.1, 0.15) is 22.3 Å². The molecule has 19 heavy (non-hydrogen) atoms. The van der Waals surface area contributed by atoms with E-state index < -0.39 is 5.82 Å². The van der Waals surface area contributed by atoms with Gasteiger partial charge in [-0.3, -0.25) is 0 Å². The Morgan fingerprint density at radius 3 is 2.53 bits per heavy atom. The Balaban J connectivity index is 2.16. The van der Waals surface area contributed by atoms with E-state index in [0.717, 1.165) is 22.4 Å². The standard InChI is InChI=1S/C16H18FNO/c1-10-6-11(2)12(3)16(7-10)19-9-13-4-5-15(18)14(17)8-13/h4-8H,9,18H2,1-3H3. The number of hydrogen-bond acceptors (Lipinski definition) is 2. The lowest BCUT2D eigenvalue weighted by Crippen LogP contribution is -2.00. The van der Waals surface area contributed by atoms with Gasteiger partial charge in [-0.05, 0) is 61.2 Å². The second-order valence-corrected chi connectivity index (χ2v) is 4.85. The minimum absolute atomic E-state index is 0.159. The zero-order valence-electron chi connectivity index (χ0n) is 11.5. The number of anilines is 1. The highest BCUT2D eigenvalue weighted by Gasteiger charge is 2.05. The van der Waals surface area contributed by atoms with E-state index in [2.05, 4.69) is 13.0 Å². The monoisotopic (exact) mass is 259 g/mol. The van der Waals surface area contributed by atoms with Crippen molar-refractivity contribution in [3.63, 3.8) is 0 Å². The number of halogens is 1. The molecular weight excluding hydrogens is 241 g/mol. The van der Waals surface area contributed by atoms with Gasteiger partial charge in [0.25, 0.3) is 0 Å². The summed E-state index contributed by atoms with van der Waals surface area (Å²) in [5.41, 5.74) is 9.83. The van der Waals surface area contributed by atoms with E-state index >= 15 is 0 Å². The number of rotatable bonds is 3. The van der Waals surface area contributed by atoms with Gasteiger partial charge in [-0.25, -0.2) is 4.39 Å². The maximum atomic E-state index is 13.3. The number of aryl methyl sites for hydroxylation is 2. The van der Waals surface area contributed by atoms with Gasteiger partial charge in [0.1, 0.15) is 18.2 Å². The predicted molar refractivity (Wildman–Crippen MR) is 75.8 cm³/mol. The van der Waals surface area contributed by atoms with Crippen LogP contribution < -0.4 is 10.5 Å². The zero-order valence-corrected chi connectivity index (χ0v) is 11.5. The third-order valence-corrected chi connectivity index (χ3v) is 3.22. The van der Waals surface area contributed by atoms with Crippen LogP contribution in [0.3, 0.4) is 0 Å². The Labute approximate surface area is 113 Å². The molecule has 2 nitrogen and oxygen atoms in total. The molecule has 0 saturated heterocycles. The summed E-state index contributed by atoms with van der Waals surface area (Å²) in [5, 5.41) is 0. The summed E-state index contributed by atoms with van der Waals surface area (Å²) in [5.74, 6) is 0.438. The van der Waals surface area contributed by atoms with Crippen LogP contribution in [0.4, 0.5) is 10.1 Å². The van der Waals surface area contributed by atoms with Gasteiger partial charge in [0, 0.05) is 0 Å². The molecule has 0 atom stereocenters. The van der Waals surface area contributed by atoms with E-state index in [-0.39, 0.29) is 5.69 Å². The van der Waals surface area contributed by atoms with Gasteiger partial charge in [0.2, 0.25) is 0 Å². The van der Waals surface area contributed by atoms with Crippen LogP contribution in [0.15, 0.2) is 30.3 Å². The third kappa shape index (κ3) is 3.05. The summed E-state index contributed by atoms with van der Waals surface area (Å²) >= 11 is 0. The summed E-state index contributed by atoms with van der Waals surface area (Å²) in [6.07, 6.45) is 0. The topological polar surface area (TPSA) is 35.2 Å². The molecule has 0 radical (unpaired) electrons. The maximum absolute atomic E-state index is 13.3. The van der Waals surface area contributed by atoms with Crippen LogP contribution in [0.25, 0.3) is 0 Å². The van der Waals surface area contributed by atoms with Gasteiger partial charge in [-0.1, -0.05) is 12.1 Å². The number of hydrogen-bond donors (Lipinski definition) is 1. The molecule has 0 aromatic heterocycles. The van der Waals surface area contributed by atoms with Crippen LogP contribution in [0.2, 0.25) is 0 Å². The van der Waals surface area contributed by atoms with Crippen LogP contribution in [-0.4, -0.2) is 0 Å². The number of nitrogen functional groups attached to an aromatic ring is 1. The Kier molecular flexibility index (Phi) is 3.74. The molecule has 2 aromatic carbocycles. The van der Waals surface area contributed by atoms with Gasteiger partial charge < -0.3 is 10.5 Å². The molecule has 0 aliphatic carbocycles. The normalized spacial score (nSPS) is 10.5. The molecule has 0 saturated carbocycles. The lowest BCUT2D eigenvalue weighted by molar-refractivity contribution is 0.303. The predicted octanol–water partition coefficient (Wildman–Crippen LogP) is 3.91. The van der Waals surface area contributed by atoms with Crippen molar-refractivity contribution in [2.75, 3.05) is 5.73 Å². The van der Waals surface area contributed by atoms with Gasteiger partial charge in [-0.2, -0.15) is 0 Å². The van der Waals surface area contributed by atoms with E-state index in [1.54, 1.807) is 12.1 Å².